The van der Waals surface area contributed by atoms with E-state index < -0.39 is 0 Å². The molecule has 0 saturated heterocycles. The second-order valence-corrected chi connectivity index (χ2v) is 2.75. The molecule has 1 rings (SSSR count). The number of allylic oxidation sites excluding steroid dienone is 1. The van der Waals surface area contributed by atoms with Gasteiger partial charge in [0, 0.05) is 11.9 Å². The Morgan fingerprint density at radius 3 is 3.20 bits per heavy atom. The molecule has 0 aliphatic rings. The van der Waals surface area contributed by atoms with Crippen LogP contribution in [0.25, 0.3) is 6.08 Å². The molecule has 0 unspecified atom stereocenters. The number of hydrogen-bond donors (Lipinski definition) is 1. The quantitative estimate of drug-likeness (QED) is 0.698. The highest BCUT2D eigenvalue weighted by molar-refractivity contribution is 7.09. The number of nitrogens with zero attached hydrogens (tertiary/aromatic N) is 1. The minimum atomic E-state index is 0.530. The summed E-state index contributed by atoms with van der Waals surface area (Å²) in [7, 11) is 0. The van der Waals surface area contributed by atoms with Gasteiger partial charge in [-0.3, -0.25) is 0 Å². The summed E-state index contributed by atoms with van der Waals surface area (Å²) in [5, 5.41) is 2.94. The van der Waals surface area contributed by atoms with Gasteiger partial charge in [-0.05, 0) is 19.1 Å². The fourth-order valence-corrected chi connectivity index (χ4v) is 1.26. The maximum absolute atomic E-state index is 5.37. The van der Waals surface area contributed by atoms with E-state index in [9.17, 15) is 0 Å². The first-order valence-corrected chi connectivity index (χ1v) is 3.89. The predicted molar refractivity (Wildman–Crippen MR) is 43.4 cm³/mol. The molecule has 2 nitrogen and oxygen atoms in total. The Kier molecular flexibility index (Phi) is 2.59. The lowest BCUT2D eigenvalue weighted by Gasteiger charge is -1.81. The summed E-state index contributed by atoms with van der Waals surface area (Å²) in [6.07, 6.45) is 4.74. The van der Waals surface area contributed by atoms with Gasteiger partial charge < -0.3 is 5.73 Å². The number of thiazole rings is 1. The van der Waals surface area contributed by atoms with Crippen LogP contribution in [0.1, 0.15) is 17.6 Å². The summed E-state index contributed by atoms with van der Waals surface area (Å²) in [6.45, 7) is 2.38. The molecule has 0 fully saturated rings. The molecule has 2 N–H and O–H groups in total. The Labute approximate surface area is 64.4 Å². The van der Waals surface area contributed by atoms with Crippen molar-refractivity contribution in [2.75, 3.05) is 0 Å². The van der Waals surface area contributed by atoms with Gasteiger partial charge in [0.2, 0.25) is 0 Å². The number of rotatable bonds is 2. The lowest BCUT2D eigenvalue weighted by atomic mass is 10.4. The molecule has 0 atom stereocenters. The van der Waals surface area contributed by atoms with Crippen molar-refractivity contribution in [3.05, 3.63) is 22.2 Å². The fraction of sp³-hybridized carbons (Fsp3) is 0.286. The van der Waals surface area contributed by atoms with Crippen LogP contribution in [0.2, 0.25) is 0 Å². The Morgan fingerprint density at radius 1 is 1.90 bits per heavy atom. The molecule has 1 aromatic heterocycles. The van der Waals surface area contributed by atoms with Crippen LogP contribution in [0.3, 0.4) is 0 Å². The van der Waals surface area contributed by atoms with Gasteiger partial charge in [0.1, 0.15) is 5.01 Å². The first-order chi connectivity index (χ1) is 4.86. The maximum Gasteiger partial charge on any atom is 0.107 e. The number of aromatic nitrogens is 1. The van der Waals surface area contributed by atoms with E-state index in [1.54, 1.807) is 11.3 Å². The minimum absolute atomic E-state index is 0.530. The average molecular weight is 153 g/mol. The van der Waals surface area contributed by atoms with Crippen LogP contribution in [0.5, 0.6) is 0 Å². The lowest BCUT2D eigenvalue weighted by molar-refractivity contribution is 1.03. The highest BCUT2D eigenvalue weighted by atomic mass is 32.1. The van der Waals surface area contributed by atoms with Crippen molar-refractivity contribution in [2.45, 2.75) is 13.5 Å². The second-order valence-electron chi connectivity index (χ2n) is 1.80. The molecule has 0 aliphatic heterocycles. The van der Waals surface area contributed by atoms with E-state index in [0.29, 0.717) is 6.54 Å². The number of nitrogens with two attached hydrogens (primary N) is 1. The molecule has 1 heterocycles. The highest BCUT2D eigenvalue weighted by Gasteiger charge is 1.94. The van der Waals surface area contributed by atoms with E-state index in [2.05, 4.69) is 11.1 Å². The van der Waals surface area contributed by atoms with Gasteiger partial charge in [-0.1, -0.05) is 0 Å². The van der Waals surface area contributed by atoms with Crippen molar-refractivity contribution in [1.29, 1.82) is 0 Å². The van der Waals surface area contributed by atoms with Crippen LogP contribution in [0.4, 0.5) is 0 Å². The third-order valence-electron chi connectivity index (χ3n) is 1.04. The van der Waals surface area contributed by atoms with Crippen molar-refractivity contribution < 1.29 is 0 Å². The molecule has 0 spiro atoms. The minimum Gasteiger partial charge on any atom is -0.325 e. The van der Waals surface area contributed by atoms with Gasteiger partial charge >= 0.3 is 0 Å². The van der Waals surface area contributed by atoms with E-state index in [1.807, 2.05) is 18.4 Å². The van der Waals surface area contributed by atoms with E-state index in [4.69, 9.17) is 5.73 Å². The van der Waals surface area contributed by atoms with Crippen LogP contribution in [0.15, 0.2) is 5.38 Å². The van der Waals surface area contributed by atoms with Crippen LogP contribution < -0.4 is 5.73 Å². The first kappa shape index (κ1) is 7.44. The number of hydrogen-bond acceptors (Lipinski definition) is 3. The predicted octanol–water partition coefficient (Wildman–Crippen LogP) is 1.44. The fourth-order valence-electron chi connectivity index (χ4n) is 0.633. The van der Waals surface area contributed by atoms with Gasteiger partial charge in [0.05, 0.1) is 5.69 Å². The summed E-state index contributed by atoms with van der Waals surface area (Å²) in [5.74, 6) is 0. The lowest BCUT2D eigenvalue weighted by Crippen LogP contribution is -1.94. The molecule has 0 aromatic carbocycles. The van der Waals surface area contributed by atoms with Crippen molar-refractivity contribution in [1.82, 2.24) is 4.98 Å². The summed E-state index contributed by atoms with van der Waals surface area (Å²) in [5.41, 5.74) is 6.32. The topological polar surface area (TPSA) is 38.9 Å². The zero-order valence-electron chi connectivity index (χ0n) is 5.79. The third kappa shape index (κ3) is 1.65. The van der Waals surface area contributed by atoms with Gasteiger partial charge in [0.15, 0.2) is 0 Å². The third-order valence-corrected chi connectivity index (χ3v) is 1.93. The average Bonchev–Trinajstić information content (AvgIpc) is 2.37. The monoisotopic (exact) mass is 153 g/mol. The van der Waals surface area contributed by atoms with Gasteiger partial charge in [-0.2, -0.15) is 0 Å². The molecule has 3 heteroatoms. The Hall–Kier alpha value is -0.670. The molecule has 0 saturated carbocycles. The van der Waals surface area contributed by atoms with Crippen molar-refractivity contribution in [3.8, 4) is 0 Å². The first-order valence-electron chi connectivity index (χ1n) is 3.01. The summed E-state index contributed by atoms with van der Waals surface area (Å²) in [6, 6.07) is 0. The molecule has 10 heavy (non-hydrogen) atoms. The summed E-state index contributed by atoms with van der Waals surface area (Å²) >= 11 is 1.58. The van der Waals surface area contributed by atoms with Gasteiger partial charge in [-0.15, -0.1) is 11.3 Å². The SMILES string of the molecule is C/[C]=C/c1csc(CN)n1. The molecule has 1 radical (unpaired) electrons. The summed E-state index contributed by atoms with van der Waals surface area (Å²) in [4.78, 5) is 4.19. The molecule has 1 aromatic rings. The Bertz CT molecular complexity index is 227. The standard InChI is InChI=1S/C7H9N2S/c1-2-3-6-5-10-7(4-8)9-6/h3,5H,4,8H2,1H3. The van der Waals surface area contributed by atoms with Gasteiger partial charge in [0.25, 0.3) is 0 Å². The van der Waals surface area contributed by atoms with Crippen molar-refractivity contribution in [2.24, 2.45) is 5.73 Å². The molecular formula is C7H9N2S. The largest absolute Gasteiger partial charge is 0.325 e. The Balaban J connectivity index is 2.78. The molecule has 0 bridgehead atoms. The van der Waals surface area contributed by atoms with Crippen LogP contribution in [-0.4, -0.2) is 4.98 Å². The second kappa shape index (κ2) is 3.49. The maximum atomic E-state index is 5.37. The normalized spacial score (nSPS) is 11.0. The zero-order chi connectivity index (χ0) is 7.40. The molecule has 0 amide bonds. The molecule has 53 valence electrons. The van der Waals surface area contributed by atoms with E-state index in [-0.39, 0.29) is 0 Å². The van der Waals surface area contributed by atoms with Crippen molar-refractivity contribution in [3.63, 3.8) is 0 Å². The molecule has 0 aliphatic carbocycles. The van der Waals surface area contributed by atoms with E-state index in [0.717, 1.165) is 10.7 Å². The van der Waals surface area contributed by atoms with Crippen LogP contribution in [0, 0.1) is 6.08 Å². The van der Waals surface area contributed by atoms with Crippen LogP contribution >= 0.6 is 11.3 Å². The zero-order valence-corrected chi connectivity index (χ0v) is 6.61. The smallest absolute Gasteiger partial charge is 0.107 e. The Morgan fingerprint density at radius 2 is 2.70 bits per heavy atom. The van der Waals surface area contributed by atoms with E-state index in [1.165, 1.54) is 0 Å². The van der Waals surface area contributed by atoms with Crippen LogP contribution in [-0.2, 0) is 6.54 Å². The van der Waals surface area contributed by atoms with Gasteiger partial charge in [-0.25, -0.2) is 4.98 Å². The van der Waals surface area contributed by atoms with Crippen molar-refractivity contribution >= 4 is 17.4 Å². The van der Waals surface area contributed by atoms with E-state index >= 15 is 0 Å². The molecular weight excluding hydrogens is 144 g/mol. The highest BCUT2D eigenvalue weighted by Crippen LogP contribution is 2.09. The summed E-state index contributed by atoms with van der Waals surface area (Å²) < 4.78 is 0.